The van der Waals surface area contributed by atoms with Gasteiger partial charge in [-0.05, 0) is 29.8 Å². The van der Waals surface area contributed by atoms with Crippen LogP contribution in [0.1, 0.15) is 23.5 Å². The number of hydrogen-bond acceptors (Lipinski definition) is 6. The van der Waals surface area contributed by atoms with E-state index in [1.165, 1.54) is 0 Å². The summed E-state index contributed by atoms with van der Waals surface area (Å²) in [5, 5.41) is 0.607. The van der Waals surface area contributed by atoms with Crippen LogP contribution in [0, 0.1) is 0 Å². The number of esters is 1. The summed E-state index contributed by atoms with van der Waals surface area (Å²) in [6.07, 6.45) is 0.0652. The van der Waals surface area contributed by atoms with Crippen molar-refractivity contribution in [1.29, 1.82) is 0 Å². The monoisotopic (exact) mass is 336 g/mol. The molecule has 124 valence electrons. The minimum Gasteiger partial charge on any atom is -0.454 e. The highest BCUT2D eigenvalue weighted by molar-refractivity contribution is 5.90. The predicted octanol–water partition coefficient (Wildman–Crippen LogP) is 2.96. The van der Waals surface area contributed by atoms with Crippen molar-refractivity contribution >= 4 is 16.9 Å². The van der Waals surface area contributed by atoms with Crippen LogP contribution >= 0.6 is 0 Å². The number of para-hydroxylation sites is 1. The molecule has 0 aliphatic carbocycles. The lowest BCUT2D eigenvalue weighted by atomic mass is 9.86. The second-order valence-corrected chi connectivity index (χ2v) is 5.97. The quantitative estimate of drug-likeness (QED) is 0.502. The first-order valence-corrected chi connectivity index (χ1v) is 7.86. The van der Waals surface area contributed by atoms with E-state index in [2.05, 4.69) is 0 Å². The fourth-order valence-corrected chi connectivity index (χ4v) is 3.38. The predicted molar refractivity (Wildman–Crippen MR) is 87.1 cm³/mol. The lowest BCUT2D eigenvalue weighted by molar-refractivity contribution is -0.135. The second-order valence-electron chi connectivity index (χ2n) is 5.97. The summed E-state index contributed by atoms with van der Waals surface area (Å²) in [5.41, 5.74) is 1.04. The molecule has 0 saturated heterocycles. The molecular formula is C19H12O6. The molecule has 6 nitrogen and oxygen atoms in total. The van der Waals surface area contributed by atoms with E-state index in [0.29, 0.717) is 28.0 Å². The highest BCUT2D eigenvalue weighted by atomic mass is 16.7. The van der Waals surface area contributed by atoms with Crippen LogP contribution in [0.5, 0.6) is 17.2 Å². The van der Waals surface area contributed by atoms with Gasteiger partial charge in [0.1, 0.15) is 5.58 Å². The average Bonchev–Trinajstić information content (AvgIpc) is 3.08. The van der Waals surface area contributed by atoms with Crippen LogP contribution in [-0.4, -0.2) is 12.8 Å². The van der Waals surface area contributed by atoms with Gasteiger partial charge in [-0.25, -0.2) is 4.79 Å². The zero-order valence-electron chi connectivity index (χ0n) is 13.0. The third-order valence-electron chi connectivity index (χ3n) is 4.53. The summed E-state index contributed by atoms with van der Waals surface area (Å²) in [6.45, 7) is 0.162. The van der Waals surface area contributed by atoms with Gasteiger partial charge in [-0.3, -0.25) is 4.79 Å². The lowest BCUT2D eigenvalue weighted by Gasteiger charge is -2.24. The Morgan fingerprint density at radius 3 is 2.72 bits per heavy atom. The number of carbonyl (C=O) groups is 1. The molecule has 0 spiro atoms. The van der Waals surface area contributed by atoms with Crippen molar-refractivity contribution in [1.82, 2.24) is 0 Å². The molecule has 0 amide bonds. The van der Waals surface area contributed by atoms with Crippen LogP contribution in [0.3, 0.4) is 0 Å². The molecule has 2 aliphatic heterocycles. The molecule has 1 atom stereocenters. The van der Waals surface area contributed by atoms with Gasteiger partial charge in [-0.15, -0.1) is 0 Å². The Hall–Kier alpha value is -3.28. The average molecular weight is 336 g/mol. The van der Waals surface area contributed by atoms with Crippen molar-refractivity contribution in [3.05, 3.63) is 64.0 Å². The van der Waals surface area contributed by atoms with Gasteiger partial charge >= 0.3 is 11.6 Å². The van der Waals surface area contributed by atoms with Gasteiger partial charge in [0.25, 0.3) is 0 Å². The Kier molecular flexibility index (Phi) is 2.88. The molecule has 0 unspecified atom stereocenters. The van der Waals surface area contributed by atoms with Crippen molar-refractivity contribution in [2.45, 2.75) is 12.3 Å². The Balaban J connectivity index is 1.75. The topological polar surface area (TPSA) is 75.0 Å². The van der Waals surface area contributed by atoms with Crippen molar-refractivity contribution in [3.63, 3.8) is 0 Å². The molecule has 2 aromatic carbocycles. The molecule has 0 fully saturated rings. The second kappa shape index (κ2) is 5.11. The molecule has 3 heterocycles. The first-order chi connectivity index (χ1) is 12.2. The minimum atomic E-state index is -0.496. The molecule has 0 N–H and O–H groups in total. The van der Waals surface area contributed by atoms with E-state index in [9.17, 15) is 9.59 Å². The summed E-state index contributed by atoms with van der Waals surface area (Å²) in [5.74, 6) is 0.694. The number of rotatable bonds is 1. The number of carbonyl (C=O) groups excluding carboxylic acids is 1. The van der Waals surface area contributed by atoms with E-state index < -0.39 is 11.5 Å². The number of hydrogen-bond donors (Lipinski definition) is 0. The largest absolute Gasteiger partial charge is 0.454 e. The number of fused-ring (bicyclic) bond motifs is 4. The lowest BCUT2D eigenvalue weighted by Crippen LogP contribution is -2.26. The zero-order chi connectivity index (χ0) is 17.0. The van der Waals surface area contributed by atoms with Gasteiger partial charge < -0.3 is 18.6 Å². The Morgan fingerprint density at radius 1 is 0.960 bits per heavy atom. The summed E-state index contributed by atoms with van der Waals surface area (Å²) < 4.78 is 21.6. The van der Waals surface area contributed by atoms with Crippen LogP contribution < -0.4 is 19.8 Å². The third kappa shape index (κ3) is 2.11. The van der Waals surface area contributed by atoms with E-state index in [-0.39, 0.29) is 24.9 Å². The fraction of sp³-hybridized carbons (Fsp3) is 0.158. The Labute approximate surface area is 141 Å². The van der Waals surface area contributed by atoms with Crippen molar-refractivity contribution in [2.75, 3.05) is 6.79 Å². The number of ether oxygens (including phenoxy) is 3. The standard InChI is InChI=1S/C19H12O6/c20-16-8-12(10-5-6-14-15(7-10)23-9-22-14)17-18(25-16)11-3-1-2-4-13(11)24-19(17)21/h1-7,12H,8-9H2/t12-/m0/s1. The normalized spacial score (nSPS) is 18.1. The molecule has 0 radical (unpaired) electrons. The molecule has 0 bridgehead atoms. The molecular weight excluding hydrogens is 324 g/mol. The van der Waals surface area contributed by atoms with Gasteiger partial charge in [0.2, 0.25) is 6.79 Å². The van der Waals surface area contributed by atoms with Crippen molar-refractivity contribution in [2.24, 2.45) is 0 Å². The Morgan fingerprint density at radius 2 is 1.80 bits per heavy atom. The Bertz CT molecular complexity index is 1080. The maximum Gasteiger partial charge on any atom is 0.343 e. The van der Waals surface area contributed by atoms with E-state index in [4.69, 9.17) is 18.6 Å². The van der Waals surface area contributed by atoms with Crippen LogP contribution in [0.25, 0.3) is 11.0 Å². The van der Waals surface area contributed by atoms with Gasteiger partial charge in [0.15, 0.2) is 17.2 Å². The summed E-state index contributed by atoms with van der Waals surface area (Å²) in [6, 6.07) is 12.4. The van der Waals surface area contributed by atoms with E-state index in [1.807, 2.05) is 6.07 Å². The highest BCUT2D eigenvalue weighted by Crippen LogP contribution is 2.43. The molecule has 1 aromatic heterocycles. The third-order valence-corrected chi connectivity index (χ3v) is 4.53. The van der Waals surface area contributed by atoms with Crippen LogP contribution in [-0.2, 0) is 4.79 Å². The highest BCUT2D eigenvalue weighted by Gasteiger charge is 2.34. The maximum atomic E-state index is 12.6. The van der Waals surface area contributed by atoms with Crippen molar-refractivity contribution in [3.8, 4) is 17.2 Å². The summed E-state index contributed by atoms with van der Waals surface area (Å²) in [4.78, 5) is 24.8. The van der Waals surface area contributed by atoms with Crippen LogP contribution in [0.2, 0.25) is 0 Å². The van der Waals surface area contributed by atoms with Gasteiger partial charge in [0.05, 0.1) is 17.4 Å². The van der Waals surface area contributed by atoms with Gasteiger partial charge in [-0.2, -0.15) is 0 Å². The van der Waals surface area contributed by atoms with Gasteiger partial charge in [-0.1, -0.05) is 18.2 Å². The van der Waals surface area contributed by atoms with Gasteiger partial charge in [0, 0.05) is 5.92 Å². The maximum absolute atomic E-state index is 12.6. The van der Waals surface area contributed by atoms with E-state index >= 15 is 0 Å². The van der Waals surface area contributed by atoms with Crippen LogP contribution in [0.4, 0.5) is 0 Å². The van der Waals surface area contributed by atoms with Crippen LogP contribution in [0.15, 0.2) is 51.7 Å². The molecule has 2 aliphatic rings. The molecule has 6 heteroatoms. The van der Waals surface area contributed by atoms with Crippen molar-refractivity contribution < 1.29 is 23.4 Å². The summed E-state index contributed by atoms with van der Waals surface area (Å²) in [7, 11) is 0. The first-order valence-electron chi connectivity index (χ1n) is 7.86. The summed E-state index contributed by atoms with van der Waals surface area (Å²) >= 11 is 0. The molecule has 3 aromatic rings. The SMILES string of the molecule is O=C1C[C@@H](c2ccc3c(c2)OCO3)c2c(c3ccccc3oc2=O)O1. The van der Waals surface area contributed by atoms with E-state index in [0.717, 1.165) is 5.56 Å². The smallest absolute Gasteiger partial charge is 0.343 e. The van der Waals surface area contributed by atoms with E-state index in [1.54, 1.807) is 36.4 Å². The molecule has 5 rings (SSSR count). The molecule has 25 heavy (non-hydrogen) atoms. The zero-order valence-corrected chi connectivity index (χ0v) is 13.0. The first kappa shape index (κ1) is 14.1. The fourth-order valence-electron chi connectivity index (χ4n) is 3.38. The number of benzene rings is 2. The minimum absolute atomic E-state index is 0.0652. The molecule has 0 saturated carbocycles.